The molecular formula is C16H27N3O5S2. The largest absolute Gasteiger partial charge is 0.395 e. The molecule has 1 aliphatic heterocycles. The predicted octanol–water partition coefficient (Wildman–Crippen LogP) is 1.51. The van der Waals surface area contributed by atoms with Crippen molar-refractivity contribution in [3.05, 3.63) is 5.01 Å². The van der Waals surface area contributed by atoms with Crippen molar-refractivity contribution in [1.82, 2.24) is 10.2 Å². The van der Waals surface area contributed by atoms with Crippen LogP contribution in [0, 0.1) is 0 Å². The van der Waals surface area contributed by atoms with Gasteiger partial charge in [0, 0.05) is 12.0 Å². The van der Waals surface area contributed by atoms with Gasteiger partial charge in [0.05, 0.1) is 18.5 Å². The first-order valence-electron chi connectivity index (χ1n) is 8.60. The van der Waals surface area contributed by atoms with Crippen LogP contribution >= 0.6 is 11.3 Å². The summed E-state index contributed by atoms with van der Waals surface area (Å²) < 4.78 is 29.4. The molecule has 0 bridgehead atoms. The maximum absolute atomic E-state index is 12.8. The second kappa shape index (κ2) is 7.87. The van der Waals surface area contributed by atoms with E-state index in [-0.39, 0.29) is 23.6 Å². The standard InChI is InChI=1S/C16H27N3O5S2/c1-15(2,10-20)13-18-19-14(25-13)17-12(21)16(3,4)26(22,23)9-11-7-5-6-8-24-11/h11,20H,5-10H2,1-4H3,(H,17,19,21)/t11-/m1/s1. The number of ether oxygens (including phenoxy) is 1. The number of carbonyl (C=O) groups excluding carboxylic acids is 1. The van der Waals surface area contributed by atoms with Gasteiger partial charge in [-0.05, 0) is 33.1 Å². The molecule has 1 saturated heterocycles. The predicted molar refractivity (Wildman–Crippen MR) is 100 cm³/mol. The summed E-state index contributed by atoms with van der Waals surface area (Å²) in [5, 5.41) is 20.6. The van der Waals surface area contributed by atoms with Gasteiger partial charge in [0.15, 0.2) is 9.84 Å². The highest BCUT2D eigenvalue weighted by molar-refractivity contribution is 7.93. The van der Waals surface area contributed by atoms with Gasteiger partial charge in [0.2, 0.25) is 11.0 Å². The molecule has 0 saturated carbocycles. The number of nitrogens with one attached hydrogen (secondary N) is 1. The Labute approximate surface area is 158 Å². The lowest BCUT2D eigenvalue weighted by molar-refractivity contribution is -0.117. The number of rotatable bonds is 7. The second-order valence-corrected chi connectivity index (χ2v) is 11.2. The molecule has 1 fully saturated rings. The first-order valence-corrected chi connectivity index (χ1v) is 11.1. The highest BCUT2D eigenvalue weighted by atomic mass is 32.2. The lowest BCUT2D eigenvalue weighted by atomic mass is 9.96. The highest BCUT2D eigenvalue weighted by Gasteiger charge is 2.43. The van der Waals surface area contributed by atoms with Crippen molar-refractivity contribution < 1.29 is 23.1 Å². The average molecular weight is 406 g/mol. The van der Waals surface area contributed by atoms with Gasteiger partial charge < -0.3 is 9.84 Å². The van der Waals surface area contributed by atoms with Crippen LogP contribution in [0.25, 0.3) is 0 Å². The van der Waals surface area contributed by atoms with Gasteiger partial charge in [-0.1, -0.05) is 25.2 Å². The Morgan fingerprint density at radius 3 is 2.58 bits per heavy atom. The third-order valence-corrected chi connectivity index (χ3v) is 8.38. The summed E-state index contributed by atoms with van der Waals surface area (Å²) in [6.07, 6.45) is 2.19. The number of sulfone groups is 1. The topological polar surface area (TPSA) is 118 Å². The quantitative estimate of drug-likeness (QED) is 0.706. The van der Waals surface area contributed by atoms with Gasteiger partial charge in [0.25, 0.3) is 0 Å². The third kappa shape index (κ3) is 4.59. The van der Waals surface area contributed by atoms with E-state index in [4.69, 9.17) is 4.74 Å². The van der Waals surface area contributed by atoms with Gasteiger partial charge >= 0.3 is 0 Å². The van der Waals surface area contributed by atoms with E-state index in [0.29, 0.717) is 18.0 Å². The summed E-state index contributed by atoms with van der Waals surface area (Å²) in [6, 6.07) is 0. The number of hydrogen-bond acceptors (Lipinski definition) is 8. The minimum absolute atomic E-state index is 0.114. The van der Waals surface area contributed by atoms with E-state index >= 15 is 0 Å². The normalized spacial score (nSPS) is 19.3. The van der Waals surface area contributed by atoms with Crippen LogP contribution in [0.5, 0.6) is 0 Å². The van der Waals surface area contributed by atoms with Crippen molar-refractivity contribution in [1.29, 1.82) is 0 Å². The number of aliphatic hydroxyl groups is 1. The summed E-state index contributed by atoms with van der Waals surface area (Å²) in [5.41, 5.74) is -0.583. The maximum atomic E-state index is 12.8. The van der Waals surface area contributed by atoms with Crippen LogP contribution in [0.15, 0.2) is 0 Å². The fourth-order valence-corrected chi connectivity index (χ4v) is 4.73. The Hall–Kier alpha value is -1.10. The molecule has 0 aliphatic carbocycles. The molecule has 0 unspecified atom stereocenters. The summed E-state index contributed by atoms with van der Waals surface area (Å²) in [6.45, 7) is 6.83. The first kappa shape index (κ1) is 21.2. The van der Waals surface area contributed by atoms with E-state index < -0.39 is 25.9 Å². The van der Waals surface area contributed by atoms with Crippen LogP contribution in [-0.4, -0.2) is 59.4 Å². The molecule has 2 N–H and O–H groups in total. The van der Waals surface area contributed by atoms with Crippen molar-refractivity contribution in [2.24, 2.45) is 0 Å². The number of hydrogen-bond donors (Lipinski definition) is 2. The van der Waals surface area contributed by atoms with Crippen molar-refractivity contribution in [2.45, 2.75) is 63.2 Å². The molecule has 1 amide bonds. The fourth-order valence-electron chi connectivity index (χ4n) is 2.40. The SMILES string of the molecule is CC(C)(CO)c1nnc(NC(=O)C(C)(C)S(=O)(=O)C[C@H]2CCCCO2)s1. The lowest BCUT2D eigenvalue weighted by Gasteiger charge is -2.28. The van der Waals surface area contributed by atoms with E-state index in [1.807, 2.05) is 0 Å². The maximum Gasteiger partial charge on any atom is 0.247 e. The number of amides is 1. The minimum Gasteiger partial charge on any atom is -0.395 e. The van der Waals surface area contributed by atoms with Gasteiger partial charge in [-0.2, -0.15) is 0 Å². The number of aliphatic hydroxyl groups excluding tert-OH is 1. The van der Waals surface area contributed by atoms with Crippen LogP contribution in [0.3, 0.4) is 0 Å². The Morgan fingerprint density at radius 2 is 2.00 bits per heavy atom. The van der Waals surface area contributed by atoms with Crippen LogP contribution in [-0.2, 0) is 24.8 Å². The smallest absolute Gasteiger partial charge is 0.247 e. The molecule has 2 heterocycles. The van der Waals surface area contributed by atoms with Crippen LogP contribution < -0.4 is 5.32 Å². The highest BCUT2D eigenvalue weighted by Crippen LogP contribution is 2.29. The van der Waals surface area contributed by atoms with E-state index in [2.05, 4.69) is 15.5 Å². The Kier molecular flexibility index (Phi) is 6.42. The fraction of sp³-hybridized carbons (Fsp3) is 0.812. The number of nitrogens with zero attached hydrogens (tertiary/aromatic N) is 2. The van der Waals surface area contributed by atoms with Crippen molar-refractivity contribution in [2.75, 3.05) is 24.3 Å². The van der Waals surface area contributed by atoms with Crippen LogP contribution in [0.2, 0.25) is 0 Å². The summed E-state index contributed by atoms with van der Waals surface area (Å²) in [5.74, 6) is -0.829. The van der Waals surface area contributed by atoms with Gasteiger partial charge in [0.1, 0.15) is 9.75 Å². The molecule has 1 atom stereocenters. The zero-order valence-electron chi connectivity index (χ0n) is 15.6. The molecular weight excluding hydrogens is 378 g/mol. The zero-order chi connectivity index (χ0) is 19.6. The number of anilines is 1. The Bertz CT molecular complexity index is 737. The van der Waals surface area contributed by atoms with Crippen LogP contribution in [0.4, 0.5) is 5.13 Å². The lowest BCUT2D eigenvalue weighted by Crippen LogP contribution is -2.48. The molecule has 0 spiro atoms. The van der Waals surface area contributed by atoms with Crippen molar-refractivity contribution in [3.8, 4) is 0 Å². The molecule has 1 aromatic heterocycles. The molecule has 2 rings (SSSR count). The zero-order valence-corrected chi connectivity index (χ0v) is 17.2. The molecule has 10 heteroatoms. The molecule has 8 nitrogen and oxygen atoms in total. The van der Waals surface area contributed by atoms with Gasteiger partial charge in [-0.15, -0.1) is 10.2 Å². The first-order chi connectivity index (χ1) is 12.0. The van der Waals surface area contributed by atoms with E-state index in [1.54, 1.807) is 13.8 Å². The molecule has 1 aliphatic rings. The van der Waals surface area contributed by atoms with Crippen molar-refractivity contribution in [3.63, 3.8) is 0 Å². The summed E-state index contributed by atoms with van der Waals surface area (Å²) >= 11 is 1.12. The van der Waals surface area contributed by atoms with Crippen LogP contribution in [0.1, 0.15) is 52.0 Å². The molecule has 0 aromatic carbocycles. The summed E-state index contributed by atoms with van der Waals surface area (Å²) in [7, 11) is -3.73. The van der Waals surface area contributed by atoms with Gasteiger partial charge in [-0.3, -0.25) is 10.1 Å². The van der Waals surface area contributed by atoms with E-state index in [1.165, 1.54) is 13.8 Å². The van der Waals surface area contributed by atoms with E-state index in [0.717, 1.165) is 24.2 Å². The number of aromatic nitrogens is 2. The Balaban J connectivity index is 2.09. The second-order valence-electron chi connectivity index (χ2n) is 7.69. The third-order valence-electron chi connectivity index (χ3n) is 4.62. The van der Waals surface area contributed by atoms with E-state index in [9.17, 15) is 18.3 Å². The number of carbonyl (C=O) groups is 1. The Morgan fingerprint density at radius 1 is 1.31 bits per heavy atom. The average Bonchev–Trinajstić information content (AvgIpc) is 3.04. The molecule has 148 valence electrons. The van der Waals surface area contributed by atoms with Crippen molar-refractivity contribution >= 4 is 32.2 Å². The summed E-state index contributed by atoms with van der Waals surface area (Å²) in [4.78, 5) is 12.6. The minimum atomic E-state index is -3.73. The molecule has 0 radical (unpaired) electrons. The molecule has 26 heavy (non-hydrogen) atoms. The van der Waals surface area contributed by atoms with Gasteiger partial charge in [-0.25, -0.2) is 8.42 Å². The monoisotopic (exact) mass is 405 g/mol. The molecule has 1 aromatic rings.